The molecule has 0 aliphatic rings. The van der Waals surface area contributed by atoms with E-state index in [-0.39, 0.29) is 0 Å². The number of fused-ring (bicyclic) bond motifs is 1. The van der Waals surface area contributed by atoms with Gasteiger partial charge in [-0.15, -0.1) is 0 Å². The summed E-state index contributed by atoms with van der Waals surface area (Å²) in [5, 5.41) is 7.77. The second-order valence-electron chi connectivity index (χ2n) is 6.35. The normalized spacial score (nSPS) is 10.7. The van der Waals surface area contributed by atoms with Crippen molar-refractivity contribution < 1.29 is 0 Å². The molecule has 0 radical (unpaired) electrons. The first-order valence-electron chi connectivity index (χ1n) is 8.62. The summed E-state index contributed by atoms with van der Waals surface area (Å²) in [6.07, 6.45) is 0. The van der Waals surface area contributed by atoms with Gasteiger partial charge in [0, 0.05) is 16.8 Å². The lowest BCUT2D eigenvalue weighted by Crippen LogP contribution is -2.03. The monoisotopic (exact) mass is 340 g/mol. The van der Waals surface area contributed by atoms with E-state index < -0.39 is 0 Å². The number of aryl methyl sites for hydroxylation is 2. The van der Waals surface area contributed by atoms with Crippen LogP contribution in [0, 0.1) is 13.8 Å². The van der Waals surface area contributed by atoms with E-state index in [0.29, 0.717) is 5.95 Å². The highest BCUT2D eigenvalue weighted by molar-refractivity contribution is 5.92. The van der Waals surface area contributed by atoms with Crippen LogP contribution in [0.2, 0.25) is 0 Å². The maximum absolute atomic E-state index is 4.73. The lowest BCUT2D eigenvalue weighted by Gasteiger charge is -2.13. The maximum atomic E-state index is 4.73. The van der Waals surface area contributed by atoms with Crippen LogP contribution in [0.25, 0.3) is 10.9 Å². The number of anilines is 4. The van der Waals surface area contributed by atoms with Gasteiger partial charge in [0.05, 0.1) is 5.52 Å². The lowest BCUT2D eigenvalue weighted by molar-refractivity contribution is 1.20. The Balaban J connectivity index is 1.77. The topological polar surface area (TPSA) is 49.8 Å². The van der Waals surface area contributed by atoms with Crippen molar-refractivity contribution in [3.63, 3.8) is 0 Å². The molecule has 1 aromatic heterocycles. The zero-order valence-electron chi connectivity index (χ0n) is 14.8. The minimum Gasteiger partial charge on any atom is -0.340 e. The van der Waals surface area contributed by atoms with Crippen LogP contribution in [-0.4, -0.2) is 9.97 Å². The molecule has 0 fully saturated rings. The Kier molecular flexibility index (Phi) is 4.23. The van der Waals surface area contributed by atoms with Gasteiger partial charge in [0.25, 0.3) is 0 Å². The molecule has 0 aliphatic carbocycles. The first-order chi connectivity index (χ1) is 12.7. The van der Waals surface area contributed by atoms with E-state index in [0.717, 1.165) is 33.7 Å². The van der Waals surface area contributed by atoms with Crippen LogP contribution in [0.15, 0.2) is 72.8 Å². The molecule has 4 aromatic rings. The number of para-hydroxylation sites is 2. The van der Waals surface area contributed by atoms with Crippen molar-refractivity contribution in [3.8, 4) is 0 Å². The highest BCUT2D eigenvalue weighted by atomic mass is 15.1. The fraction of sp³-hybridized carbons (Fsp3) is 0.0909. The van der Waals surface area contributed by atoms with Gasteiger partial charge in [-0.3, -0.25) is 0 Å². The van der Waals surface area contributed by atoms with Crippen molar-refractivity contribution in [3.05, 3.63) is 83.9 Å². The summed E-state index contributed by atoms with van der Waals surface area (Å²) in [6, 6.07) is 24.4. The third-order valence-electron chi connectivity index (χ3n) is 4.28. The van der Waals surface area contributed by atoms with Gasteiger partial charge in [-0.2, -0.15) is 4.98 Å². The fourth-order valence-electron chi connectivity index (χ4n) is 2.88. The third kappa shape index (κ3) is 3.35. The highest BCUT2D eigenvalue weighted by Gasteiger charge is 2.09. The maximum Gasteiger partial charge on any atom is 0.229 e. The van der Waals surface area contributed by atoms with Crippen LogP contribution in [0.1, 0.15) is 11.1 Å². The summed E-state index contributed by atoms with van der Waals surface area (Å²) >= 11 is 0. The van der Waals surface area contributed by atoms with E-state index in [2.05, 4.69) is 47.7 Å². The highest BCUT2D eigenvalue weighted by Crippen LogP contribution is 2.27. The summed E-state index contributed by atoms with van der Waals surface area (Å²) < 4.78 is 0. The van der Waals surface area contributed by atoms with Gasteiger partial charge in [0.1, 0.15) is 5.82 Å². The zero-order chi connectivity index (χ0) is 17.9. The Morgan fingerprint density at radius 3 is 2.35 bits per heavy atom. The molecule has 0 atom stereocenters. The van der Waals surface area contributed by atoms with Crippen LogP contribution < -0.4 is 10.6 Å². The quantitative estimate of drug-likeness (QED) is 0.498. The molecule has 4 rings (SSSR count). The van der Waals surface area contributed by atoms with Crippen LogP contribution >= 0.6 is 0 Å². The summed E-state index contributed by atoms with van der Waals surface area (Å²) in [7, 11) is 0. The van der Waals surface area contributed by atoms with E-state index in [9.17, 15) is 0 Å². The Hall–Kier alpha value is -3.40. The second kappa shape index (κ2) is 6.84. The second-order valence-corrected chi connectivity index (χ2v) is 6.35. The summed E-state index contributed by atoms with van der Waals surface area (Å²) in [5.74, 6) is 1.37. The molecule has 26 heavy (non-hydrogen) atoms. The first kappa shape index (κ1) is 16.1. The van der Waals surface area contributed by atoms with Gasteiger partial charge >= 0.3 is 0 Å². The number of hydrogen-bond donors (Lipinski definition) is 2. The molecule has 128 valence electrons. The van der Waals surface area contributed by atoms with Crippen molar-refractivity contribution in [2.24, 2.45) is 0 Å². The molecule has 0 bridgehead atoms. The van der Waals surface area contributed by atoms with Gasteiger partial charge in [-0.05, 0) is 55.3 Å². The fourth-order valence-corrected chi connectivity index (χ4v) is 2.88. The van der Waals surface area contributed by atoms with Crippen LogP contribution in [0.5, 0.6) is 0 Å². The van der Waals surface area contributed by atoms with Crippen molar-refractivity contribution in [1.29, 1.82) is 0 Å². The minimum atomic E-state index is 0.579. The van der Waals surface area contributed by atoms with E-state index in [1.165, 1.54) is 5.56 Å². The van der Waals surface area contributed by atoms with Gasteiger partial charge in [-0.25, -0.2) is 4.98 Å². The Morgan fingerprint density at radius 1 is 0.731 bits per heavy atom. The summed E-state index contributed by atoms with van der Waals surface area (Å²) in [4.78, 5) is 9.41. The molecule has 2 N–H and O–H groups in total. The molecule has 0 amide bonds. The third-order valence-corrected chi connectivity index (χ3v) is 4.28. The van der Waals surface area contributed by atoms with Crippen LogP contribution in [-0.2, 0) is 0 Å². The van der Waals surface area contributed by atoms with E-state index in [1.807, 2.05) is 54.6 Å². The van der Waals surface area contributed by atoms with Crippen molar-refractivity contribution in [2.75, 3.05) is 10.6 Å². The number of benzene rings is 3. The number of aromatic nitrogens is 2. The molecule has 0 saturated carbocycles. The molecule has 0 spiro atoms. The van der Waals surface area contributed by atoms with Gasteiger partial charge < -0.3 is 10.6 Å². The van der Waals surface area contributed by atoms with Gasteiger partial charge in [-0.1, -0.05) is 42.5 Å². The number of hydrogen-bond acceptors (Lipinski definition) is 4. The Labute approximate surface area is 152 Å². The average molecular weight is 340 g/mol. The standard InChI is InChI=1S/C22H20N4/c1-15-12-13-16(2)20(14-15)25-22-24-19-11-7-6-10-18(19)21(26-22)23-17-8-4-3-5-9-17/h3-14H,1-2H3,(H2,23,24,25,26). The first-order valence-corrected chi connectivity index (χ1v) is 8.62. The van der Waals surface area contributed by atoms with E-state index in [4.69, 9.17) is 4.98 Å². The average Bonchev–Trinajstić information content (AvgIpc) is 2.66. The summed E-state index contributed by atoms with van der Waals surface area (Å²) in [5.41, 5.74) is 5.26. The smallest absolute Gasteiger partial charge is 0.229 e. The molecule has 4 heteroatoms. The molecular weight excluding hydrogens is 320 g/mol. The van der Waals surface area contributed by atoms with Crippen LogP contribution in [0.4, 0.5) is 23.1 Å². The number of rotatable bonds is 4. The minimum absolute atomic E-state index is 0.579. The van der Waals surface area contributed by atoms with E-state index in [1.54, 1.807) is 0 Å². The molecule has 0 unspecified atom stereocenters. The van der Waals surface area contributed by atoms with Crippen molar-refractivity contribution in [1.82, 2.24) is 9.97 Å². The molecule has 1 heterocycles. The molecule has 4 nitrogen and oxygen atoms in total. The largest absolute Gasteiger partial charge is 0.340 e. The Bertz CT molecular complexity index is 1060. The predicted molar refractivity (Wildman–Crippen MR) is 108 cm³/mol. The SMILES string of the molecule is Cc1ccc(C)c(Nc2nc(Nc3ccccc3)c3ccccc3n2)c1. The predicted octanol–water partition coefficient (Wildman–Crippen LogP) is 5.73. The molecular formula is C22H20N4. The Morgan fingerprint density at radius 2 is 1.50 bits per heavy atom. The van der Waals surface area contributed by atoms with Gasteiger partial charge in [0.2, 0.25) is 5.95 Å². The van der Waals surface area contributed by atoms with Crippen LogP contribution in [0.3, 0.4) is 0 Å². The van der Waals surface area contributed by atoms with Gasteiger partial charge in [0.15, 0.2) is 0 Å². The van der Waals surface area contributed by atoms with Crippen molar-refractivity contribution >= 4 is 34.0 Å². The lowest BCUT2D eigenvalue weighted by atomic mass is 10.1. The molecule has 0 saturated heterocycles. The zero-order valence-corrected chi connectivity index (χ0v) is 14.8. The number of nitrogens with one attached hydrogen (secondary N) is 2. The molecule has 3 aromatic carbocycles. The molecule has 0 aliphatic heterocycles. The summed E-state index contributed by atoms with van der Waals surface area (Å²) in [6.45, 7) is 4.15. The number of nitrogens with zero attached hydrogens (tertiary/aromatic N) is 2. The van der Waals surface area contributed by atoms with E-state index >= 15 is 0 Å². The van der Waals surface area contributed by atoms with Crippen molar-refractivity contribution in [2.45, 2.75) is 13.8 Å².